The second kappa shape index (κ2) is 7.40. The molecule has 0 aliphatic carbocycles. The molecule has 2 aromatic rings. The van der Waals surface area contributed by atoms with Crippen LogP contribution in [-0.2, 0) is 4.79 Å². The highest BCUT2D eigenvalue weighted by Gasteiger charge is 2.15. The van der Waals surface area contributed by atoms with Crippen LogP contribution in [0.3, 0.4) is 0 Å². The third-order valence-corrected chi connectivity index (χ3v) is 3.64. The molecule has 2 amide bonds. The van der Waals surface area contributed by atoms with Gasteiger partial charge in [-0.2, -0.15) is 11.3 Å². The highest BCUT2D eigenvalue weighted by Crippen LogP contribution is 2.12. The van der Waals surface area contributed by atoms with Gasteiger partial charge in [-0.25, -0.2) is 0 Å². The van der Waals surface area contributed by atoms with Gasteiger partial charge in [0.2, 0.25) is 5.91 Å². The number of hydrogen-bond acceptors (Lipinski definition) is 3. The Kier molecular flexibility index (Phi) is 5.29. The number of benzene rings is 1. The molecule has 108 valence electrons. The molecule has 0 aliphatic rings. The van der Waals surface area contributed by atoms with Crippen LogP contribution in [0.1, 0.15) is 22.0 Å². The van der Waals surface area contributed by atoms with Crippen molar-refractivity contribution < 1.29 is 9.59 Å². The van der Waals surface area contributed by atoms with Crippen LogP contribution in [0.5, 0.6) is 0 Å². The van der Waals surface area contributed by atoms with Crippen LogP contribution in [0.2, 0.25) is 0 Å². The van der Waals surface area contributed by atoms with Gasteiger partial charge in [0, 0.05) is 17.5 Å². The van der Waals surface area contributed by atoms with Gasteiger partial charge in [-0.05, 0) is 23.1 Å². The van der Waals surface area contributed by atoms with Crippen molar-refractivity contribution in [2.24, 2.45) is 0 Å². The van der Waals surface area contributed by atoms with Crippen molar-refractivity contribution in [2.75, 3.05) is 6.54 Å². The van der Waals surface area contributed by atoms with E-state index in [0.717, 1.165) is 5.56 Å². The Hall–Kier alpha value is -2.40. The fraction of sp³-hybridized carbons (Fsp3) is 0.125. The van der Waals surface area contributed by atoms with E-state index in [0.29, 0.717) is 12.1 Å². The topological polar surface area (TPSA) is 58.2 Å². The van der Waals surface area contributed by atoms with Crippen molar-refractivity contribution in [2.45, 2.75) is 6.04 Å². The van der Waals surface area contributed by atoms with Gasteiger partial charge >= 0.3 is 0 Å². The molecule has 0 saturated heterocycles. The maximum Gasteiger partial charge on any atom is 0.252 e. The third-order valence-electron chi connectivity index (χ3n) is 2.95. The van der Waals surface area contributed by atoms with Gasteiger partial charge in [-0.3, -0.25) is 9.59 Å². The van der Waals surface area contributed by atoms with E-state index < -0.39 is 0 Å². The molecule has 4 nitrogen and oxygen atoms in total. The molecule has 1 aromatic heterocycles. The minimum Gasteiger partial charge on any atom is -0.350 e. The average Bonchev–Trinajstić information content (AvgIpc) is 3.06. The van der Waals surface area contributed by atoms with E-state index in [2.05, 4.69) is 17.2 Å². The van der Waals surface area contributed by atoms with Crippen molar-refractivity contribution in [1.82, 2.24) is 10.6 Å². The second-order valence-corrected chi connectivity index (χ2v) is 5.18. The molecule has 0 radical (unpaired) electrons. The summed E-state index contributed by atoms with van der Waals surface area (Å²) in [7, 11) is 0. The Labute approximate surface area is 127 Å². The van der Waals surface area contributed by atoms with Gasteiger partial charge in [0.25, 0.3) is 5.91 Å². The van der Waals surface area contributed by atoms with E-state index in [4.69, 9.17) is 0 Å². The van der Waals surface area contributed by atoms with E-state index in [-0.39, 0.29) is 17.9 Å². The summed E-state index contributed by atoms with van der Waals surface area (Å²) in [4.78, 5) is 23.5. The van der Waals surface area contributed by atoms with E-state index in [1.54, 1.807) is 11.4 Å². The molecule has 1 aromatic carbocycles. The SMILES string of the molecule is C=CC(=O)NC(CNC(=O)c1ccsc1)c1ccccc1. The average molecular weight is 300 g/mol. The summed E-state index contributed by atoms with van der Waals surface area (Å²) in [6.45, 7) is 3.76. The minimum atomic E-state index is -0.292. The zero-order valence-corrected chi connectivity index (χ0v) is 12.2. The van der Waals surface area contributed by atoms with Crippen LogP contribution in [0.15, 0.2) is 59.8 Å². The predicted molar refractivity (Wildman–Crippen MR) is 84.2 cm³/mol. The summed E-state index contributed by atoms with van der Waals surface area (Å²) in [6, 6.07) is 11.0. The molecule has 0 bridgehead atoms. The van der Waals surface area contributed by atoms with E-state index in [9.17, 15) is 9.59 Å². The molecule has 2 N–H and O–H groups in total. The molecule has 1 atom stereocenters. The van der Waals surface area contributed by atoms with Crippen LogP contribution in [0.4, 0.5) is 0 Å². The standard InChI is InChI=1S/C16H16N2O2S/c1-2-15(19)18-14(12-6-4-3-5-7-12)10-17-16(20)13-8-9-21-11-13/h2-9,11,14H,1,10H2,(H,17,20)(H,18,19). The quantitative estimate of drug-likeness (QED) is 0.805. The van der Waals surface area contributed by atoms with E-state index in [1.807, 2.05) is 35.7 Å². The zero-order chi connectivity index (χ0) is 15.1. The molecule has 5 heteroatoms. The van der Waals surface area contributed by atoms with Gasteiger partial charge in [0.05, 0.1) is 6.04 Å². The summed E-state index contributed by atoms with van der Waals surface area (Å²) in [5, 5.41) is 9.28. The second-order valence-electron chi connectivity index (χ2n) is 4.40. The van der Waals surface area contributed by atoms with Crippen molar-refractivity contribution in [1.29, 1.82) is 0 Å². The summed E-state index contributed by atoms with van der Waals surface area (Å²) in [6.07, 6.45) is 1.22. The number of rotatable bonds is 6. The van der Waals surface area contributed by atoms with Crippen LogP contribution < -0.4 is 10.6 Å². The lowest BCUT2D eigenvalue weighted by molar-refractivity contribution is -0.117. The van der Waals surface area contributed by atoms with E-state index in [1.165, 1.54) is 17.4 Å². The van der Waals surface area contributed by atoms with Crippen LogP contribution >= 0.6 is 11.3 Å². The Morgan fingerprint density at radius 2 is 2.00 bits per heavy atom. The number of thiophene rings is 1. The molecule has 21 heavy (non-hydrogen) atoms. The summed E-state index contributed by atoms with van der Waals surface area (Å²) in [5.74, 6) is -0.418. The molecular weight excluding hydrogens is 284 g/mol. The molecule has 0 saturated carbocycles. The van der Waals surface area contributed by atoms with Crippen molar-refractivity contribution >= 4 is 23.2 Å². The highest BCUT2D eigenvalue weighted by molar-refractivity contribution is 7.08. The lowest BCUT2D eigenvalue weighted by atomic mass is 10.1. The fourth-order valence-electron chi connectivity index (χ4n) is 1.86. The lowest BCUT2D eigenvalue weighted by Crippen LogP contribution is -2.37. The molecule has 0 fully saturated rings. The molecule has 1 heterocycles. The first-order valence-electron chi connectivity index (χ1n) is 6.49. The number of carbonyl (C=O) groups excluding carboxylic acids is 2. The maximum absolute atomic E-state index is 12.0. The van der Waals surface area contributed by atoms with Crippen molar-refractivity contribution in [3.8, 4) is 0 Å². The lowest BCUT2D eigenvalue weighted by Gasteiger charge is -2.19. The van der Waals surface area contributed by atoms with Crippen molar-refractivity contribution in [3.63, 3.8) is 0 Å². The fourth-order valence-corrected chi connectivity index (χ4v) is 2.49. The number of amides is 2. The van der Waals surface area contributed by atoms with Crippen LogP contribution in [0.25, 0.3) is 0 Å². The summed E-state index contributed by atoms with van der Waals surface area (Å²) in [5.41, 5.74) is 1.56. The molecular formula is C16H16N2O2S. The zero-order valence-electron chi connectivity index (χ0n) is 11.4. The Bertz CT molecular complexity index is 608. The van der Waals surface area contributed by atoms with Crippen molar-refractivity contribution in [3.05, 3.63) is 70.9 Å². The normalized spacial score (nSPS) is 11.4. The molecule has 2 rings (SSSR count). The highest BCUT2D eigenvalue weighted by atomic mass is 32.1. The first-order valence-corrected chi connectivity index (χ1v) is 7.43. The Morgan fingerprint density at radius 3 is 2.62 bits per heavy atom. The molecule has 0 aliphatic heterocycles. The number of nitrogens with one attached hydrogen (secondary N) is 2. The number of carbonyl (C=O) groups is 2. The maximum atomic E-state index is 12.0. The predicted octanol–water partition coefficient (Wildman–Crippen LogP) is 2.52. The monoisotopic (exact) mass is 300 g/mol. The first-order chi connectivity index (χ1) is 10.2. The third kappa shape index (κ3) is 4.29. The number of hydrogen-bond donors (Lipinski definition) is 2. The smallest absolute Gasteiger partial charge is 0.252 e. The van der Waals surface area contributed by atoms with E-state index >= 15 is 0 Å². The van der Waals surface area contributed by atoms with Crippen LogP contribution in [0, 0.1) is 0 Å². The largest absolute Gasteiger partial charge is 0.350 e. The van der Waals surface area contributed by atoms with Gasteiger partial charge < -0.3 is 10.6 Å². The summed E-state index contributed by atoms with van der Waals surface area (Å²) >= 11 is 1.47. The Balaban J connectivity index is 2.04. The first kappa shape index (κ1) is 15.0. The minimum absolute atomic E-state index is 0.148. The van der Waals surface area contributed by atoms with Gasteiger partial charge in [0.15, 0.2) is 0 Å². The van der Waals surface area contributed by atoms with Gasteiger partial charge in [0.1, 0.15) is 0 Å². The summed E-state index contributed by atoms with van der Waals surface area (Å²) < 4.78 is 0. The molecule has 0 spiro atoms. The van der Waals surface area contributed by atoms with Crippen LogP contribution in [-0.4, -0.2) is 18.4 Å². The van der Waals surface area contributed by atoms with Gasteiger partial charge in [-0.1, -0.05) is 36.9 Å². The Morgan fingerprint density at radius 1 is 1.24 bits per heavy atom. The molecule has 1 unspecified atom stereocenters. The van der Waals surface area contributed by atoms with Gasteiger partial charge in [-0.15, -0.1) is 0 Å².